The number of thiazole rings is 1. The lowest BCUT2D eigenvalue weighted by Gasteiger charge is -2.08. The van der Waals surface area contributed by atoms with Gasteiger partial charge in [-0.05, 0) is 32.6 Å². The molecule has 2 aliphatic rings. The summed E-state index contributed by atoms with van der Waals surface area (Å²) in [6, 6.07) is 0. The Morgan fingerprint density at radius 1 is 1.38 bits per heavy atom. The maximum absolute atomic E-state index is 5.88. The Labute approximate surface area is 101 Å². The smallest absolute Gasteiger partial charge is 0.101 e. The Bertz CT molecular complexity index is 387. The third-order valence-electron chi connectivity index (χ3n) is 4.27. The van der Waals surface area contributed by atoms with E-state index in [1.807, 2.05) is 11.3 Å². The van der Waals surface area contributed by atoms with Gasteiger partial charge in [0.15, 0.2) is 0 Å². The van der Waals surface area contributed by atoms with E-state index in [0.717, 1.165) is 12.5 Å². The fraction of sp³-hybridized carbons (Fsp3) is 0.769. The lowest BCUT2D eigenvalue weighted by molar-refractivity contribution is 0.663. The molecule has 1 heterocycles. The average molecular weight is 236 g/mol. The predicted octanol–water partition coefficient (Wildman–Crippen LogP) is 3.10. The summed E-state index contributed by atoms with van der Waals surface area (Å²) in [5.41, 5.74) is 7.56. The maximum Gasteiger partial charge on any atom is 0.101 e. The monoisotopic (exact) mass is 236 g/mol. The first kappa shape index (κ1) is 10.7. The molecule has 16 heavy (non-hydrogen) atoms. The van der Waals surface area contributed by atoms with E-state index in [0.29, 0.717) is 0 Å². The SMILES string of the molecule is Cc1sc(C2(CN)CC2)nc1C1CCCC1. The molecule has 88 valence electrons. The van der Waals surface area contributed by atoms with E-state index in [1.54, 1.807) is 0 Å². The summed E-state index contributed by atoms with van der Waals surface area (Å²) in [4.78, 5) is 6.38. The molecule has 0 atom stereocenters. The van der Waals surface area contributed by atoms with E-state index in [4.69, 9.17) is 10.7 Å². The molecule has 0 radical (unpaired) electrons. The summed E-state index contributed by atoms with van der Waals surface area (Å²) < 4.78 is 0. The van der Waals surface area contributed by atoms with Gasteiger partial charge in [0.2, 0.25) is 0 Å². The van der Waals surface area contributed by atoms with Gasteiger partial charge in [-0.15, -0.1) is 11.3 Å². The second kappa shape index (κ2) is 3.81. The lowest BCUT2D eigenvalue weighted by atomic mass is 10.0. The van der Waals surface area contributed by atoms with E-state index in [9.17, 15) is 0 Å². The predicted molar refractivity (Wildman–Crippen MR) is 68.0 cm³/mol. The van der Waals surface area contributed by atoms with Crippen molar-refractivity contribution in [1.29, 1.82) is 0 Å². The summed E-state index contributed by atoms with van der Waals surface area (Å²) >= 11 is 1.90. The Morgan fingerprint density at radius 3 is 2.62 bits per heavy atom. The van der Waals surface area contributed by atoms with Gasteiger partial charge in [-0.1, -0.05) is 12.8 Å². The largest absolute Gasteiger partial charge is 0.329 e. The number of rotatable bonds is 3. The molecule has 2 fully saturated rings. The summed E-state index contributed by atoms with van der Waals surface area (Å²) in [6.07, 6.45) is 7.97. The van der Waals surface area contributed by atoms with Gasteiger partial charge < -0.3 is 5.73 Å². The van der Waals surface area contributed by atoms with Crippen molar-refractivity contribution in [1.82, 2.24) is 4.98 Å². The first-order valence-electron chi connectivity index (χ1n) is 6.43. The number of nitrogens with two attached hydrogens (primary N) is 1. The number of hydrogen-bond acceptors (Lipinski definition) is 3. The van der Waals surface area contributed by atoms with Gasteiger partial charge in [-0.3, -0.25) is 0 Å². The molecule has 0 unspecified atom stereocenters. The summed E-state index contributed by atoms with van der Waals surface area (Å²) in [5.74, 6) is 0.749. The van der Waals surface area contributed by atoms with Crippen molar-refractivity contribution >= 4 is 11.3 Å². The molecular weight excluding hydrogens is 216 g/mol. The minimum atomic E-state index is 0.284. The summed E-state index contributed by atoms with van der Waals surface area (Å²) in [5, 5.41) is 1.33. The minimum absolute atomic E-state index is 0.284. The van der Waals surface area contributed by atoms with Crippen LogP contribution in [0, 0.1) is 6.92 Å². The number of hydrogen-bond donors (Lipinski definition) is 1. The van der Waals surface area contributed by atoms with Crippen LogP contribution in [0.25, 0.3) is 0 Å². The molecule has 3 rings (SSSR count). The van der Waals surface area contributed by atoms with Gasteiger partial charge in [-0.2, -0.15) is 0 Å². The lowest BCUT2D eigenvalue weighted by Crippen LogP contribution is -2.19. The second-order valence-electron chi connectivity index (χ2n) is 5.43. The molecule has 2 saturated carbocycles. The molecule has 0 aliphatic heterocycles. The highest BCUT2D eigenvalue weighted by atomic mass is 32.1. The van der Waals surface area contributed by atoms with Gasteiger partial charge in [0.1, 0.15) is 5.01 Å². The Kier molecular flexibility index (Phi) is 2.55. The molecule has 2 nitrogen and oxygen atoms in total. The molecule has 3 heteroatoms. The fourth-order valence-corrected chi connectivity index (χ4v) is 4.12. The van der Waals surface area contributed by atoms with E-state index in [2.05, 4.69) is 6.92 Å². The number of aromatic nitrogens is 1. The molecule has 0 aromatic carbocycles. The van der Waals surface area contributed by atoms with Crippen molar-refractivity contribution in [2.75, 3.05) is 6.54 Å². The van der Waals surface area contributed by atoms with Crippen molar-refractivity contribution in [3.05, 3.63) is 15.6 Å². The van der Waals surface area contributed by atoms with Crippen molar-refractivity contribution < 1.29 is 0 Å². The average Bonchev–Trinajstić information content (AvgIpc) is 2.73. The molecule has 1 aromatic rings. The molecule has 0 saturated heterocycles. The molecule has 2 N–H and O–H groups in total. The zero-order valence-electron chi connectivity index (χ0n) is 9.96. The highest BCUT2D eigenvalue weighted by molar-refractivity contribution is 7.11. The Balaban J connectivity index is 1.89. The van der Waals surface area contributed by atoms with Crippen LogP contribution in [0.2, 0.25) is 0 Å². The van der Waals surface area contributed by atoms with Crippen LogP contribution in [0.4, 0.5) is 0 Å². The first-order valence-corrected chi connectivity index (χ1v) is 7.25. The molecule has 1 aromatic heterocycles. The highest BCUT2D eigenvalue weighted by Gasteiger charge is 2.46. The van der Waals surface area contributed by atoms with Crippen LogP contribution in [0.1, 0.15) is 60.0 Å². The van der Waals surface area contributed by atoms with Crippen molar-refractivity contribution in [2.45, 2.75) is 56.8 Å². The zero-order valence-corrected chi connectivity index (χ0v) is 10.8. The Hall–Kier alpha value is -0.410. The maximum atomic E-state index is 5.88. The molecule has 0 amide bonds. The van der Waals surface area contributed by atoms with Gasteiger partial charge in [0.25, 0.3) is 0 Å². The van der Waals surface area contributed by atoms with Crippen LogP contribution in [0.5, 0.6) is 0 Å². The van der Waals surface area contributed by atoms with Crippen LogP contribution in [-0.4, -0.2) is 11.5 Å². The third kappa shape index (κ3) is 1.61. The second-order valence-corrected chi connectivity index (χ2v) is 6.63. The topological polar surface area (TPSA) is 38.9 Å². The van der Waals surface area contributed by atoms with Crippen LogP contribution in [0.3, 0.4) is 0 Å². The minimum Gasteiger partial charge on any atom is -0.329 e. The molecule has 2 aliphatic carbocycles. The van der Waals surface area contributed by atoms with Crippen LogP contribution >= 0.6 is 11.3 Å². The van der Waals surface area contributed by atoms with E-state index >= 15 is 0 Å². The third-order valence-corrected chi connectivity index (χ3v) is 5.51. The van der Waals surface area contributed by atoms with Gasteiger partial charge in [0.05, 0.1) is 5.69 Å². The zero-order chi connectivity index (χ0) is 11.2. The van der Waals surface area contributed by atoms with Crippen LogP contribution in [0.15, 0.2) is 0 Å². The standard InChI is InChI=1S/C13H20N2S/c1-9-11(10-4-2-3-5-10)15-12(16-9)13(8-14)6-7-13/h10H,2-8,14H2,1H3. The molecule has 0 bridgehead atoms. The van der Waals surface area contributed by atoms with Crippen molar-refractivity contribution in [2.24, 2.45) is 5.73 Å². The fourth-order valence-electron chi connectivity index (χ4n) is 2.87. The quantitative estimate of drug-likeness (QED) is 0.876. The summed E-state index contributed by atoms with van der Waals surface area (Å²) in [7, 11) is 0. The number of aryl methyl sites for hydroxylation is 1. The van der Waals surface area contributed by atoms with Gasteiger partial charge >= 0.3 is 0 Å². The summed E-state index contributed by atoms with van der Waals surface area (Å²) in [6.45, 7) is 3.02. The van der Waals surface area contributed by atoms with E-state index < -0.39 is 0 Å². The number of nitrogens with zero attached hydrogens (tertiary/aromatic N) is 1. The molecule has 0 spiro atoms. The van der Waals surface area contributed by atoms with Crippen molar-refractivity contribution in [3.63, 3.8) is 0 Å². The van der Waals surface area contributed by atoms with Crippen LogP contribution < -0.4 is 5.73 Å². The normalized spacial score (nSPS) is 23.9. The first-order chi connectivity index (χ1) is 7.75. The highest BCUT2D eigenvalue weighted by Crippen LogP contribution is 2.50. The van der Waals surface area contributed by atoms with Gasteiger partial charge in [-0.25, -0.2) is 4.98 Å². The van der Waals surface area contributed by atoms with E-state index in [-0.39, 0.29) is 5.41 Å². The molecular formula is C13H20N2S. The van der Waals surface area contributed by atoms with Gasteiger partial charge in [0, 0.05) is 22.8 Å². The van der Waals surface area contributed by atoms with Crippen molar-refractivity contribution in [3.8, 4) is 0 Å². The van der Waals surface area contributed by atoms with Crippen LogP contribution in [-0.2, 0) is 5.41 Å². The van der Waals surface area contributed by atoms with E-state index in [1.165, 1.54) is 54.1 Å². The Morgan fingerprint density at radius 2 is 2.06 bits per heavy atom.